The highest BCUT2D eigenvalue weighted by molar-refractivity contribution is 5.71. The van der Waals surface area contributed by atoms with Gasteiger partial charge < -0.3 is 14.2 Å². The molecule has 0 spiro atoms. The first-order valence-corrected chi connectivity index (χ1v) is 24.1. The van der Waals surface area contributed by atoms with E-state index < -0.39 is 6.10 Å². The Labute approximate surface area is 352 Å². The van der Waals surface area contributed by atoms with Gasteiger partial charge in [-0.3, -0.25) is 14.4 Å². The summed E-state index contributed by atoms with van der Waals surface area (Å²) in [4.78, 5) is 37.7. The molecule has 0 aromatic carbocycles. The topological polar surface area (TPSA) is 78.9 Å². The predicted octanol–water partition coefficient (Wildman–Crippen LogP) is 15.5. The van der Waals surface area contributed by atoms with Gasteiger partial charge in [0.2, 0.25) is 0 Å². The molecule has 57 heavy (non-hydrogen) atoms. The largest absolute Gasteiger partial charge is 0.462 e. The Hall–Kier alpha value is -2.63. The van der Waals surface area contributed by atoms with Gasteiger partial charge >= 0.3 is 17.9 Å². The Morgan fingerprint density at radius 2 is 0.684 bits per heavy atom. The molecule has 0 radical (unpaired) electrons. The van der Waals surface area contributed by atoms with Gasteiger partial charge in [0.15, 0.2) is 6.10 Å². The maximum absolute atomic E-state index is 12.7. The molecule has 0 aliphatic rings. The number of hydrogen-bond donors (Lipinski definition) is 0. The molecule has 0 fully saturated rings. The molecule has 1 unspecified atom stereocenters. The van der Waals surface area contributed by atoms with Crippen LogP contribution in [-0.2, 0) is 28.6 Å². The van der Waals surface area contributed by atoms with Crippen LogP contribution in [0.2, 0.25) is 0 Å². The van der Waals surface area contributed by atoms with Crippen LogP contribution in [0.4, 0.5) is 0 Å². The van der Waals surface area contributed by atoms with Crippen LogP contribution in [0.1, 0.15) is 239 Å². The second-order valence-corrected chi connectivity index (χ2v) is 16.0. The van der Waals surface area contributed by atoms with Crippen molar-refractivity contribution < 1.29 is 28.6 Å². The molecule has 6 nitrogen and oxygen atoms in total. The van der Waals surface area contributed by atoms with Gasteiger partial charge in [-0.05, 0) is 77.0 Å². The minimum atomic E-state index is -0.776. The molecule has 0 saturated carbocycles. The van der Waals surface area contributed by atoms with Crippen molar-refractivity contribution in [2.75, 3.05) is 13.2 Å². The molecule has 0 aromatic rings. The average Bonchev–Trinajstić information content (AvgIpc) is 3.21. The first-order valence-electron chi connectivity index (χ1n) is 24.1. The highest BCUT2D eigenvalue weighted by atomic mass is 16.6. The van der Waals surface area contributed by atoms with Crippen molar-refractivity contribution in [2.24, 2.45) is 0 Å². The fourth-order valence-electron chi connectivity index (χ4n) is 6.69. The Kier molecular flexibility index (Phi) is 43.9. The molecule has 6 heteroatoms. The number of rotatable bonds is 43. The summed E-state index contributed by atoms with van der Waals surface area (Å²) in [5.41, 5.74) is 0. The summed E-state index contributed by atoms with van der Waals surface area (Å²) in [5, 5.41) is 0. The van der Waals surface area contributed by atoms with E-state index in [-0.39, 0.29) is 31.1 Å². The smallest absolute Gasteiger partial charge is 0.306 e. The van der Waals surface area contributed by atoms with E-state index >= 15 is 0 Å². The van der Waals surface area contributed by atoms with Gasteiger partial charge in [-0.15, -0.1) is 0 Å². The van der Waals surface area contributed by atoms with Crippen LogP contribution in [-0.4, -0.2) is 37.2 Å². The SMILES string of the molecule is CC/C=C\C/C=C\C/C=C\CCCCCCCCCC(=O)OCC(COC(=O)CCCCCCCCCC)OC(=O)CCCCCCC/C=C\CCCCCCC. The first-order chi connectivity index (χ1) is 28.0. The number of ether oxygens (including phenoxy) is 3. The molecular weight excluding hydrogens is 709 g/mol. The maximum atomic E-state index is 12.7. The summed E-state index contributed by atoms with van der Waals surface area (Å²) in [6.45, 7) is 6.47. The van der Waals surface area contributed by atoms with Crippen molar-refractivity contribution in [1.29, 1.82) is 0 Å². The van der Waals surface area contributed by atoms with Crippen LogP contribution in [0.25, 0.3) is 0 Å². The van der Waals surface area contributed by atoms with Gasteiger partial charge in [-0.1, -0.05) is 191 Å². The molecule has 0 rings (SSSR count). The van der Waals surface area contributed by atoms with E-state index in [1.54, 1.807) is 0 Å². The van der Waals surface area contributed by atoms with Crippen LogP contribution in [0.15, 0.2) is 48.6 Å². The summed E-state index contributed by atoms with van der Waals surface area (Å²) in [5.74, 6) is -0.899. The third kappa shape index (κ3) is 44.3. The fraction of sp³-hybridized carbons (Fsp3) is 0.784. The molecular formula is C51H90O6. The molecule has 0 aliphatic carbocycles. The zero-order valence-corrected chi connectivity index (χ0v) is 37.6. The normalized spacial score (nSPS) is 12.4. The van der Waals surface area contributed by atoms with Crippen molar-refractivity contribution in [3.8, 4) is 0 Å². The molecule has 0 heterocycles. The summed E-state index contributed by atoms with van der Waals surface area (Å²) < 4.78 is 16.7. The van der Waals surface area contributed by atoms with Crippen LogP contribution >= 0.6 is 0 Å². The van der Waals surface area contributed by atoms with Crippen molar-refractivity contribution in [3.63, 3.8) is 0 Å². The van der Waals surface area contributed by atoms with Crippen LogP contribution < -0.4 is 0 Å². The molecule has 0 bridgehead atoms. The molecule has 330 valence electrons. The second kappa shape index (κ2) is 46.1. The predicted molar refractivity (Wildman–Crippen MR) is 242 cm³/mol. The molecule has 0 N–H and O–H groups in total. The van der Waals surface area contributed by atoms with Crippen LogP contribution in [0, 0.1) is 0 Å². The number of hydrogen-bond acceptors (Lipinski definition) is 6. The van der Waals surface area contributed by atoms with Crippen molar-refractivity contribution in [1.82, 2.24) is 0 Å². The minimum absolute atomic E-state index is 0.0785. The van der Waals surface area contributed by atoms with E-state index in [9.17, 15) is 14.4 Å². The zero-order valence-electron chi connectivity index (χ0n) is 37.6. The van der Waals surface area contributed by atoms with E-state index in [1.807, 2.05) is 0 Å². The summed E-state index contributed by atoms with van der Waals surface area (Å²) >= 11 is 0. The van der Waals surface area contributed by atoms with Gasteiger partial charge in [0.1, 0.15) is 13.2 Å². The summed E-state index contributed by atoms with van der Waals surface area (Å²) in [6.07, 6.45) is 53.8. The molecule has 1 atom stereocenters. The van der Waals surface area contributed by atoms with Crippen molar-refractivity contribution in [2.45, 2.75) is 245 Å². The quantitative estimate of drug-likeness (QED) is 0.0265. The number of unbranched alkanes of at least 4 members (excludes halogenated alkanes) is 24. The lowest BCUT2D eigenvalue weighted by molar-refractivity contribution is -0.167. The van der Waals surface area contributed by atoms with E-state index in [2.05, 4.69) is 69.4 Å². The Morgan fingerprint density at radius 3 is 1.09 bits per heavy atom. The van der Waals surface area contributed by atoms with Crippen LogP contribution in [0.3, 0.4) is 0 Å². The third-order valence-electron chi connectivity index (χ3n) is 10.3. The Bertz CT molecular complexity index is 1010. The average molecular weight is 799 g/mol. The molecule has 0 saturated heterocycles. The minimum Gasteiger partial charge on any atom is -0.462 e. The van der Waals surface area contributed by atoms with Gasteiger partial charge in [-0.25, -0.2) is 0 Å². The van der Waals surface area contributed by atoms with Gasteiger partial charge in [0.05, 0.1) is 0 Å². The summed E-state index contributed by atoms with van der Waals surface area (Å²) in [6, 6.07) is 0. The van der Waals surface area contributed by atoms with E-state index in [0.717, 1.165) is 96.3 Å². The fourth-order valence-corrected chi connectivity index (χ4v) is 6.69. The summed E-state index contributed by atoms with van der Waals surface area (Å²) in [7, 11) is 0. The highest BCUT2D eigenvalue weighted by Gasteiger charge is 2.19. The van der Waals surface area contributed by atoms with Crippen LogP contribution in [0.5, 0.6) is 0 Å². The lowest BCUT2D eigenvalue weighted by Gasteiger charge is -2.18. The van der Waals surface area contributed by atoms with Gasteiger partial charge in [0, 0.05) is 19.3 Å². The molecule has 0 amide bonds. The third-order valence-corrected chi connectivity index (χ3v) is 10.3. The first kappa shape index (κ1) is 54.4. The molecule has 0 aliphatic heterocycles. The number of carbonyl (C=O) groups excluding carboxylic acids is 3. The lowest BCUT2D eigenvalue weighted by atomic mass is 10.1. The zero-order chi connectivity index (χ0) is 41.5. The number of carbonyl (C=O) groups is 3. The standard InChI is InChI=1S/C51H90O6/c1-4-7-10-13-16-19-21-23-25-26-27-29-30-32-35-38-41-44-50(53)56-47-48(46-55-49(52)43-40-37-34-18-15-12-9-6-3)57-51(54)45-42-39-36-33-31-28-24-22-20-17-14-11-8-5-2/h7,10,16,19,22-25,48H,4-6,8-9,11-15,17-18,20-21,26-47H2,1-3H3/b10-7-,19-16-,24-22-,25-23-. The van der Waals surface area contributed by atoms with Crippen molar-refractivity contribution in [3.05, 3.63) is 48.6 Å². The van der Waals surface area contributed by atoms with E-state index in [1.165, 1.54) is 103 Å². The number of esters is 3. The lowest BCUT2D eigenvalue weighted by Crippen LogP contribution is -2.30. The highest BCUT2D eigenvalue weighted by Crippen LogP contribution is 2.14. The number of allylic oxidation sites excluding steroid dienone is 8. The van der Waals surface area contributed by atoms with E-state index in [0.29, 0.717) is 19.3 Å². The van der Waals surface area contributed by atoms with Crippen molar-refractivity contribution >= 4 is 17.9 Å². The maximum Gasteiger partial charge on any atom is 0.306 e. The molecule has 0 aromatic heterocycles. The Balaban J connectivity index is 4.33. The van der Waals surface area contributed by atoms with Gasteiger partial charge in [0.25, 0.3) is 0 Å². The monoisotopic (exact) mass is 799 g/mol. The van der Waals surface area contributed by atoms with E-state index in [4.69, 9.17) is 14.2 Å². The van der Waals surface area contributed by atoms with Gasteiger partial charge in [-0.2, -0.15) is 0 Å². The Morgan fingerprint density at radius 1 is 0.368 bits per heavy atom. The second-order valence-electron chi connectivity index (χ2n) is 16.0.